The normalized spacial score (nSPS) is 49.6. The summed E-state index contributed by atoms with van der Waals surface area (Å²) in [7, 11) is 1.49. The predicted octanol–water partition coefficient (Wildman–Crippen LogP) is 2.90. The molecule has 170 valence electrons. The average molecular weight is 430 g/mol. The second-order valence-corrected chi connectivity index (χ2v) is 11.3. The summed E-state index contributed by atoms with van der Waals surface area (Å²) in [4.78, 5) is 27.4. The molecule has 2 saturated carbocycles. The molecule has 0 radical (unpaired) electrons. The van der Waals surface area contributed by atoms with Crippen molar-refractivity contribution in [1.82, 2.24) is 4.90 Å². The van der Waals surface area contributed by atoms with Gasteiger partial charge in [-0.2, -0.15) is 0 Å². The van der Waals surface area contributed by atoms with Gasteiger partial charge < -0.3 is 14.6 Å². The smallest absolute Gasteiger partial charge is 0.309 e. The van der Waals surface area contributed by atoms with Crippen LogP contribution in [0.4, 0.5) is 0 Å². The maximum absolute atomic E-state index is 13.0. The number of hydrogen-bond acceptors (Lipinski definition) is 6. The van der Waals surface area contributed by atoms with E-state index in [1.807, 2.05) is 0 Å². The molecule has 0 aromatic carbocycles. The van der Waals surface area contributed by atoms with Gasteiger partial charge in [0.05, 0.1) is 19.6 Å². The van der Waals surface area contributed by atoms with Crippen LogP contribution in [0.25, 0.3) is 0 Å². The molecule has 6 aliphatic rings. The van der Waals surface area contributed by atoms with Crippen molar-refractivity contribution in [3.8, 4) is 0 Å². The summed E-state index contributed by atoms with van der Waals surface area (Å²) in [5.74, 6) is 0.557. The molecule has 2 heterocycles. The number of hydrogen-bond donors (Lipinski definition) is 1. The first kappa shape index (κ1) is 20.2. The van der Waals surface area contributed by atoms with E-state index in [0.29, 0.717) is 24.9 Å². The lowest BCUT2D eigenvalue weighted by Crippen LogP contribution is -2.76. The van der Waals surface area contributed by atoms with Crippen LogP contribution in [0.5, 0.6) is 0 Å². The molecule has 6 heteroatoms. The number of nitrogens with zero attached hydrogens (tertiary/aromatic N) is 1. The van der Waals surface area contributed by atoms with Crippen LogP contribution >= 0.6 is 0 Å². The number of piperidine rings is 1. The molecular formula is C25H35NO5. The Hall–Kier alpha value is -1.40. The summed E-state index contributed by atoms with van der Waals surface area (Å²) in [6, 6.07) is 0. The summed E-state index contributed by atoms with van der Waals surface area (Å²) in [5, 5.41) is 12.8. The topological polar surface area (TPSA) is 76.1 Å². The third-order valence-corrected chi connectivity index (χ3v) is 10.6. The van der Waals surface area contributed by atoms with Gasteiger partial charge in [0.2, 0.25) is 0 Å². The highest BCUT2D eigenvalue weighted by atomic mass is 16.5. The minimum Gasteiger partial charge on any atom is -0.469 e. The lowest BCUT2D eigenvalue weighted by molar-refractivity contribution is -0.306. The minimum atomic E-state index is -0.961. The zero-order valence-corrected chi connectivity index (χ0v) is 19.0. The summed E-state index contributed by atoms with van der Waals surface area (Å²) >= 11 is 0. The largest absolute Gasteiger partial charge is 0.469 e. The van der Waals surface area contributed by atoms with Gasteiger partial charge in [0.15, 0.2) is 0 Å². The summed E-state index contributed by atoms with van der Waals surface area (Å²) in [6.45, 7) is 5.91. The van der Waals surface area contributed by atoms with E-state index >= 15 is 0 Å². The molecule has 0 amide bonds. The Morgan fingerprint density at radius 3 is 2.71 bits per heavy atom. The van der Waals surface area contributed by atoms with Crippen LogP contribution in [0.15, 0.2) is 11.1 Å². The number of aliphatic hydroxyl groups is 1. The van der Waals surface area contributed by atoms with E-state index in [1.54, 1.807) is 0 Å². The van der Waals surface area contributed by atoms with E-state index in [1.165, 1.54) is 25.2 Å². The third kappa shape index (κ3) is 2.12. The maximum Gasteiger partial charge on any atom is 0.309 e. The maximum atomic E-state index is 13.0. The highest BCUT2D eigenvalue weighted by Gasteiger charge is 2.81. The molecule has 2 aliphatic heterocycles. The van der Waals surface area contributed by atoms with Gasteiger partial charge in [0.25, 0.3) is 0 Å². The molecule has 6 nitrogen and oxygen atoms in total. The first-order valence-corrected chi connectivity index (χ1v) is 12.2. The third-order valence-electron chi connectivity index (χ3n) is 10.6. The van der Waals surface area contributed by atoms with Crippen molar-refractivity contribution in [2.75, 3.05) is 26.8 Å². The fraction of sp³-hybridized carbons (Fsp3) is 0.840. The van der Waals surface area contributed by atoms with Gasteiger partial charge in [-0.25, -0.2) is 0 Å². The highest BCUT2D eigenvalue weighted by molar-refractivity contribution is 5.75. The van der Waals surface area contributed by atoms with Crippen LogP contribution < -0.4 is 0 Å². The number of allylic oxidation sites excluding steroid dienone is 1. The molecule has 6 rings (SSSR count). The second kappa shape index (κ2) is 6.34. The second-order valence-electron chi connectivity index (χ2n) is 11.3. The molecule has 1 spiro atoms. The molecule has 31 heavy (non-hydrogen) atoms. The van der Waals surface area contributed by atoms with Gasteiger partial charge >= 0.3 is 11.9 Å². The lowest BCUT2D eigenvalue weighted by atomic mass is 9.42. The van der Waals surface area contributed by atoms with Crippen molar-refractivity contribution in [2.24, 2.45) is 40.4 Å². The van der Waals surface area contributed by atoms with Crippen molar-refractivity contribution in [3.05, 3.63) is 11.1 Å². The Kier molecular flexibility index (Phi) is 4.14. The number of rotatable bonds is 3. The predicted molar refractivity (Wildman–Crippen MR) is 113 cm³/mol. The van der Waals surface area contributed by atoms with E-state index in [-0.39, 0.29) is 35.1 Å². The first-order valence-electron chi connectivity index (χ1n) is 12.2. The van der Waals surface area contributed by atoms with Crippen LogP contribution in [-0.2, 0) is 19.1 Å². The van der Waals surface area contributed by atoms with Gasteiger partial charge in [-0.15, -0.1) is 0 Å². The molecular weight excluding hydrogens is 394 g/mol. The number of carbonyl (C=O) groups is 2. The monoisotopic (exact) mass is 429 g/mol. The zero-order valence-electron chi connectivity index (χ0n) is 19.0. The molecule has 4 aliphatic carbocycles. The zero-order chi connectivity index (χ0) is 21.8. The highest BCUT2D eigenvalue weighted by Crippen LogP contribution is 2.79. The Morgan fingerprint density at radius 2 is 1.97 bits per heavy atom. The van der Waals surface area contributed by atoms with E-state index in [0.717, 1.165) is 51.6 Å². The Morgan fingerprint density at radius 1 is 1.19 bits per heavy atom. The summed E-state index contributed by atoms with van der Waals surface area (Å²) in [5.41, 5.74) is 1.09. The fourth-order valence-corrected chi connectivity index (χ4v) is 9.73. The van der Waals surface area contributed by atoms with Crippen molar-refractivity contribution in [3.63, 3.8) is 0 Å². The van der Waals surface area contributed by atoms with Crippen LogP contribution in [0.2, 0.25) is 0 Å². The molecule has 4 bridgehead atoms. The quantitative estimate of drug-likeness (QED) is 0.549. The van der Waals surface area contributed by atoms with E-state index < -0.39 is 11.1 Å². The van der Waals surface area contributed by atoms with Crippen molar-refractivity contribution >= 4 is 11.9 Å². The average Bonchev–Trinajstić information content (AvgIpc) is 3.36. The molecule has 0 aromatic heterocycles. The first-order chi connectivity index (χ1) is 14.8. The van der Waals surface area contributed by atoms with Crippen LogP contribution in [0.3, 0.4) is 0 Å². The number of carbonyl (C=O) groups excluding carboxylic acids is 2. The SMILES string of the molecule is COC(=O)[C@@H]1C[C@@]23C4=C(CC[C@@H]5CN6C[C@@H](C)[C@@H](CC[C@@]52COC(C)=O)[C@@]63O)CC[C@@H]41. The van der Waals surface area contributed by atoms with Crippen molar-refractivity contribution in [2.45, 2.75) is 64.5 Å². The molecule has 0 aromatic rings. The molecule has 2 saturated heterocycles. The molecule has 8 atom stereocenters. The molecule has 0 unspecified atom stereocenters. The molecule has 1 N–H and O–H groups in total. The standard InChI is InChI=1S/C25H35NO5/c1-14-11-26-12-17-6-4-16-5-7-18-19(22(28)30-3)10-24(21(16)18)23(17,13-31-15(2)27)9-8-20(14)25(24,26)29/h14,17-20,29H,4-13H2,1-3H3/t14-,17-,18-,19-,20-,23-,24-,25+/m1/s1. The Balaban J connectivity index is 1.62. The fourth-order valence-electron chi connectivity index (χ4n) is 9.73. The summed E-state index contributed by atoms with van der Waals surface area (Å²) < 4.78 is 11.1. The van der Waals surface area contributed by atoms with Crippen LogP contribution in [0.1, 0.15) is 58.8 Å². The van der Waals surface area contributed by atoms with Crippen LogP contribution in [-0.4, -0.2) is 54.5 Å². The van der Waals surface area contributed by atoms with Crippen LogP contribution in [0, 0.1) is 40.4 Å². The Labute approximate surface area is 184 Å². The Bertz CT molecular complexity index is 883. The number of methoxy groups -OCH3 is 1. The van der Waals surface area contributed by atoms with Gasteiger partial charge in [0, 0.05) is 36.8 Å². The van der Waals surface area contributed by atoms with E-state index in [4.69, 9.17) is 9.47 Å². The van der Waals surface area contributed by atoms with Gasteiger partial charge in [-0.3, -0.25) is 14.5 Å². The van der Waals surface area contributed by atoms with Gasteiger partial charge in [0.1, 0.15) is 5.72 Å². The van der Waals surface area contributed by atoms with Crippen molar-refractivity contribution in [1.29, 1.82) is 0 Å². The lowest BCUT2D eigenvalue weighted by Gasteiger charge is -2.69. The van der Waals surface area contributed by atoms with Gasteiger partial charge in [-0.1, -0.05) is 18.1 Å². The number of esters is 2. The molecule has 4 fully saturated rings. The van der Waals surface area contributed by atoms with Gasteiger partial charge in [-0.05, 0) is 62.7 Å². The van der Waals surface area contributed by atoms with Crippen molar-refractivity contribution < 1.29 is 24.2 Å². The summed E-state index contributed by atoms with van der Waals surface area (Å²) in [6.07, 6.45) is 6.72. The number of ether oxygens (including phenoxy) is 2. The van der Waals surface area contributed by atoms with E-state index in [2.05, 4.69) is 11.8 Å². The van der Waals surface area contributed by atoms with E-state index in [9.17, 15) is 14.7 Å². The minimum absolute atomic E-state index is 0.136.